The largest absolute Gasteiger partial charge is 0.451 e. The van der Waals surface area contributed by atoms with Gasteiger partial charge in [0, 0.05) is 6.04 Å². The molecule has 2 atom stereocenters. The molecule has 7 nitrogen and oxygen atoms in total. The van der Waals surface area contributed by atoms with Crippen molar-refractivity contribution in [2.24, 2.45) is 0 Å². The lowest BCUT2D eigenvalue weighted by Crippen LogP contribution is -2.47. The van der Waals surface area contributed by atoms with Crippen LogP contribution in [0, 0.1) is 0 Å². The number of amides is 3. The molecule has 2 aliphatic rings. The number of carbonyl (C=O) groups is 4. The van der Waals surface area contributed by atoms with E-state index in [9.17, 15) is 19.2 Å². The lowest BCUT2D eigenvalue weighted by Gasteiger charge is -2.23. The van der Waals surface area contributed by atoms with Gasteiger partial charge in [-0.05, 0) is 38.8 Å². The molecule has 1 aliphatic heterocycles. The van der Waals surface area contributed by atoms with Crippen molar-refractivity contribution in [2.75, 3.05) is 0 Å². The van der Waals surface area contributed by atoms with Crippen LogP contribution in [0.1, 0.15) is 60.2 Å². The first-order valence-corrected chi connectivity index (χ1v) is 8.88. The lowest BCUT2D eigenvalue weighted by molar-refractivity contribution is -0.158. The first kappa shape index (κ1) is 18.1. The zero-order valence-corrected chi connectivity index (χ0v) is 14.9. The Bertz CT molecular complexity index is 719. The summed E-state index contributed by atoms with van der Waals surface area (Å²) < 4.78 is 5.20. The van der Waals surface area contributed by atoms with Gasteiger partial charge in [0.25, 0.3) is 17.7 Å². The van der Waals surface area contributed by atoms with Gasteiger partial charge >= 0.3 is 5.97 Å². The van der Waals surface area contributed by atoms with E-state index in [2.05, 4.69) is 5.32 Å². The maximum atomic E-state index is 12.4. The molecule has 0 bridgehead atoms. The fraction of sp³-hybridized carbons (Fsp3) is 0.474. The van der Waals surface area contributed by atoms with Gasteiger partial charge in [0.1, 0.15) is 6.04 Å². The number of hydrogen-bond acceptors (Lipinski definition) is 5. The van der Waals surface area contributed by atoms with Crippen LogP contribution in [0.3, 0.4) is 0 Å². The maximum Gasteiger partial charge on any atom is 0.329 e. The van der Waals surface area contributed by atoms with Gasteiger partial charge in [0.2, 0.25) is 0 Å². The summed E-state index contributed by atoms with van der Waals surface area (Å²) in [6.45, 7) is 2.91. The van der Waals surface area contributed by atoms with Gasteiger partial charge in [-0.2, -0.15) is 0 Å². The van der Waals surface area contributed by atoms with Crippen LogP contribution in [0.5, 0.6) is 0 Å². The number of rotatable bonds is 5. The van der Waals surface area contributed by atoms with Crippen LogP contribution in [-0.4, -0.2) is 46.8 Å². The van der Waals surface area contributed by atoms with Crippen molar-refractivity contribution in [1.82, 2.24) is 10.2 Å². The molecule has 0 spiro atoms. The smallest absolute Gasteiger partial charge is 0.329 e. The summed E-state index contributed by atoms with van der Waals surface area (Å²) in [5.41, 5.74) is 0.536. The molecule has 7 heteroatoms. The molecule has 0 saturated heterocycles. The highest BCUT2D eigenvalue weighted by atomic mass is 16.5. The number of nitrogens with zero attached hydrogens (tertiary/aromatic N) is 1. The summed E-state index contributed by atoms with van der Waals surface area (Å²) in [5.74, 6) is -2.20. The number of nitrogens with one attached hydrogen (secondary N) is 1. The number of fused-ring (bicyclic) bond motifs is 1. The summed E-state index contributed by atoms with van der Waals surface area (Å²) >= 11 is 0. The van der Waals surface area contributed by atoms with Crippen LogP contribution < -0.4 is 5.32 Å². The number of imide groups is 1. The molecule has 0 aromatic heterocycles. The molecule has 3 amide bonds. The molecular weight excluding hydrogens is 336 g/mol. The Hall–Kier alpha value is -2.70. The monoisotopic (exact) mass is 358 g/mol. The van der Waals surface area contributed by atoms with E-state index in [4.69, 9.17) is 4.74 Å². The second-order valence-corrected chi connectivity index (χ2v) is 6.77. The Kier molecular flexibility index (Phi) is 5.06. The maximum absolute atomic E-state index is 12.4. The molecule has 1 aliphatic carbocycles. The van der Waals surface area contributed by atoms with E-state index in [-0.39, 0.29) is 23.1 Å². The molecule has 0 radical (unpaired) electrons. The van der Waals surface area contributed by atoms with Crippen LogP contribution in [0.15, 0.2) is 24.3 Å². The molecule has 1 saturated carbocycles. The summed E-state index contributed by atoms with van der Waals surface area (Å²) in [5, 5.41) is 2.86. The average Bonchev–Trinajstić information content (AvgIpc) is 3.22. The lowest BCUT2D eigenvalue weighted by atomic mass is 10.1. The Morgan fingerprint density at radius 1 is 1.08 bits per heavy atom. The first-order valence-electron chi connectivity index (χ1n) is 8.88. The van der Waals surface area contributed by atoms with Gasteiger partial charge in [-0.1, -0.05) is 25.0 Å². The molecule has 1 heterocycles. The molecule has 0 unspecified atom stereocenters. The van der Waals surface area contributed by atoms with Crippen molar-refractivity contribution in [1.29, 1.82) is 0 Å². The molecule has 1 aromatic carbocycles. The molecule has 3 rings (SSSR count). The van der Waals surface area contributed by atoms with Gasteiger partial charge in [-0.25, -0.2) is 4.79 Å². The van der Waals surface area contributed by atoms with Gasteiger partial charge in [-0.3, -0.25) is 19.3 Å². The standard InChI is InChI=1S/C19H22N2O5/c1-11(21-17(23)14-9-5-6-10-15(14)18(21)24)19(25)26-12(2)16(22)20-13-7-3-4-8-13/h5-6,9-13H,3-4,7-8H2,1-2H3,(H,20,22)/t11-,12-/m0/s1. The molecule has 1 N–H and O–H groups in total. The summed E-state index contributed by atoms with van der Waals surface area (Å²) in [4.78, 5) is 50.3. The van der Waals surface area contributed by atoms with Crippen LogP contribution in [0.25, 0.3) is 0 Å². The number of ether oxygens (including phenoxy) is 1. The Morgan fingerprint density at radius 3 is 2.15 bits per heavy atom. The minimum Gasteiger partial charge on any atom is -0.451 e. The quantitative estimate of drug-likeness (QED) is 0.638. The number of carbonyl (C=O) groups excluding carboxylic acids is 4. The number of esters is 1. The Balaban J connectivity index is 1.62. The minimum absolute atomic E-state index is 0.123. The molecule has 1 aromatic rings. The van der Waals surface area contributed by atoms with E-state index in [1.165, 1.54) is 13.8 Å². The van der Waals surface area contributed by atoms with Crippen LogP contribution in [-0.2, 0) is 14.3 Å². The fourth-order valence-corrected chi connectivity index (χ4v) is 3.38. The number of hydrogen-bond donors (Lipinski definition) is 1. The second-order valence-electron chi connectivity index (χ2n) is 6.77. The van der Waals surface area contributed by atoms with E-state index in [0.29, 0.717) is 0 Å². The van der Waals surface area contributed by atoms with Gasteiger partial charge in [-0.15, -0.1) is 0 Å². The van der Waals surface area contributed by atoms with Gasteiger partial charge < -0.3 is 10.1 Å². The van der Waals surface area contributed by atoms with E-state index >= 15 is 0 Å². The van der Waals surface area contributed by atoms with Crippen molar-refractivity contribution in [3.8, 4) is 0 Å². The van der Waals surface area contributed by atoms with Crippen molar-refractivity contribution < 1.29 is 23.9 Å². The van der Waals surface area contributed by atoms with E-state index < -0.39 is 29.9 Å². The van der Waals surface area contributed by atoms with Gasteiger partial charge in [0.05, 0.1) is 11.1 Å². The third-order valence-corrected chi connectivity index (χ3v) is 4.92. The van der Waals surface area contributed by atoms with Crippen molar-refractivity contribution >= 4 is 23.7 Å². The van der Waals surface area contributed by atoms with Gasteiger partial charge in [0.15, 0.2) is 6.10 Å². The Labute approximate surface area is 151 Å². The average molecular weight is 358 g/mol. The highest BCUT2D eigenvalue weighted by Crippen LogP contribution is 2.25. The molecule has 26 heavy (non-hydrogen) atoms. The Morgan fingerprint density at radius 2 is 1.62 bits per heavy atom. The van der Waals surface area contributed by atoms with Crippen LogP contribution in [0.2, 0.25) is 0 Å². The second kappa shape index (κ2) is 7.27. The van der Waals surface area contributed by atoms with E-state index in [1.54, 1.807) is 24.3 Å². The highest BCUT2D eigenvalue weighted by Gasteiger charge is 2.41. The SMILES string of the molecule is C[C@H](OC(=O)[C@H](C)N1C(=O)c2ccccc2C1=O)C(=O)NC1CCCC1. The zero-order chi connectivity index (χ0) is 18.8. The summed E-state index contributed by atoms with van der Waals surface area (Å²) in [7, 11) is 0. The molecule has 1 fully saturated rings. The van der Waals surface area contributed by atoms with Crippen molar-refractivity contribution in [3.05, 3.63) is 35.4 Å². The minimum atomic E-state index is -1.11. The molecule has 138 valence electrons. The summed E-state index contributed by atoms with van der Waals surface area (Å²) in [6.07, 6.45) is 3.03. The fourth-order valence-electron chi connectivity index (χ4n) is 3.38. The molecular formula is C19H22N2O5. The zero-order valence-electron chi connectivity index (χ0n) is 14.9. The summed E-state index contributed by atoms with van der Waals surface area (Å²) in [6, 6.07) is 5.43. The van der Waals surface area contributed by atoms with Crippen molar-refractivity contribution in [3.63, 3.8) is 0 Å². The van der Waals surface area contributed by atoms with Crippen LogP contribution >= 0.6 is 0 Å². The third kappa shape index (κ3) is 3.34. The first-order chi connectivity index (χ1) is 12.4. The topological polar surface area (TPSA) is 92.8 Å². The van der Waals surface area contributed by atoms with E-state index in [0.717, 1.165) is 30.6 Å². The van der Waals surface area contributed by atoms with Crippen molar-refractivity contribution in [2.45, 2.75) is 57.7 Å². The van der Waals surface area contributed by atoms with Crippen LogP contribution in [0.4, 0.5) is 0 Å². The predicted molar refractivity (Wildman–Crippen MR) is 92.4 cm³/mol. The predicted octanol–water partition coefficient (Wildman–Crippen LogP) is 1.66. The van der Waals surface area contributed by atoms with E-state index in [1.807, 2.05) is 0 Å². The highest BCUT2D eigenvalue weighted by molar-refractivity contribution is 6.22. The number of benzene rings is 1. The third-order valence-electron chi connectivity index (χ3n) is 4.92. The normalized spacial score (nSPS) is 19.2.